The van der Waals surface area contributed by atoms with Crippen LogP contribution in [0.2, 0.25) is 15.1 Å². The monoisotopic (exact) mass is 655 g/mol. The summed E-state index contributed by atoms with van der Waals surface area (Å²) in [7, 11) is 0. The summed E-state index contributed by atoms with van der Waals surface area (Å²) in [4.78, 5) is 17.8. The molecule has 0 N–H and O–H groups in total. The third-order valence-corrected chi connectivity index (χ3v) is 7.16. The van der Waals surface area contributed by atoms with E-state index < -0.39 is 0 Å². The van der Waals surface area contributed by atoms with Gasteiger partial charge in [0.15, 0.2) is 5.75 Å². The van der Waals surface area contributed by atoms with Gasteiger partial charge in [0, 0.05) is 10.9 Å². The van der Waals surface area contributed by atoms with Gasteiger partial charge in [0.1, 0.15) is 12.4 Å². The summed E-state index contributed by atoms with van der Waals surface area (Å²) in [5.41, 5.74) is 1.95. The number of benzene rings is 3. The maximum Gasteiger partial charge on any atom is 0.282 e. The van der Waals surface area contributed by atoms with Gasteiger partial charge in [0.25, 0.3) is 5.56 Å². The van der Waals surface area contributed by atoms with Crippen molar-refractivity contribution in [3.8, 4) is 5.75 Å². The Hall–Kier alpha value is -1.90. The van der Waals surface area contributed by atoms with Crippen LogP contribution in [0.3, 0.4) is 0 Å². The molecule has 0 unspecified atom stereocenters. The van der Waals surface area contributed by atoms with Crippen molar-refractivity contribution in [1.29, 1.82) is 0 Å². The summed E-state index contributed by atoms with van der Waals surface area (Å²) >= 11 is 25.5. The molecule has 1 aromatic heterocycles. The van der Waals surface area contributed by atoms with Gasteiger partial charge >= 0.3 is 0 Å². The van der Waals surface area contributed by atoms with Crippen molar-refractivity contribution < 1.29 is 4.74 Å². The van der Waals surface area contributed by atoms with Gasteiger partial charge in [0.05, 0.1) is 36.7 Å². The summed E-state index contributed by atoms with van der Waals surface area (Å²) in [5.74, 6) is 1.08. The molecule has 1 heterocycles. The molecule has 0 aliphatic carbocycles. The van der Waals surface area contributed by atoms with Crippen LogP contribution in [0.4, 0.5) is 0 Å². The largest absolute Gasteiger partial charge is 0.486 e. The smallest absolute Gasteiger partial charge is 0.282 e. The van der Waals surface area contributed by atoms with Crippen LogP contribution in [0.1, 0.15) is 30.3 Å². The zero-order chi connectivity index (χ0) is 25.1. The van der Waals surface area contributed by atoms with Crippen LogP contribution in [-0.4, -0.2) is 15.9 Å². The maximum absolute atomic E-state index is 13.2. The lowest BCUT2D eigenvalue weighted by Crippen LogP contribution is -2.22. The lowest BCUT2D eigenvalue weighted by atomic mass is 10.2. The van der Waals surface area contributed by atoms with Crippen molar-refractivity contribution in [2.45, 2.75) is 26.4 Å². The Bertz CT molecular complexity index is 1480. The summed E-state index contributed by atoms with van der Waals surface area (Å²) in [5, 5.41) is 6.27. The van der Waals surface area contributed by atoms with Gasteiger partial charge in [-0.1, -0.05) is 63.7 Å². The molecular formula is C25H18Br2Cl3N3O2. The average Bonchev–Trinajstić information content (AvgIpc) is 2.81. The highest BCUT2D eigenvalue weighted by molar-refractivity contribution is 9.10. The molecule has 0 spiro atoms. The predicted octanol–water partition coefficient (Wildman–Crippen LogP) is 8.30. The number of aryl methyl sites for hydroxylation is 1. The number of ether oxygens (including phenoxy) is 1. The Morgan fingerprint density at radius 3 is 2.54 bits per heavy atom. The number of hydrogen-bond donors (Lipinski definition) is 0. The van der Waals surface area contributed by atoms with E-state index in [1.807, 2.05) is 31.2 Å². The van der Waals surface area contributed by atoms with Crippen molar-refractivity contribution in [3.05, 3.63) is 99.8 Å². The van der Waals surface area contributed by atoms with Crippen molar-refractivity contribution in [2.75, 3.05) is 0 Å². The van der Waals surface area contributed by atoms with Gasteiger partial charge in [-0.15, -0.1) is 0 Å². The molecule has 0 saturated carbocycles. The van der Waals surface area contributed by atoms with Crippen molar-refractivity contribution >= 4 is 83.8 Å². The Labute approximate surface area is 233 Å². The minimum absolute atomic E-state index is 0.234. The molecule has 0 radical (unpaired) electrons. The van der Waals surface area contributed by atoms with Gasteiger partial charge in [-0.3, -0.25) is 4.79 Å². The highest BCUT2D eigenvalue weighted by atomic mass is 79.9. The van der Waals surface area contributed by atoms with Gasteiger partial charge < -0.3 is 4.74 Å². The Morgan fingerprint density at radius 1 is 1.03 bits per heavy atom. The van der Waals surface area contributed by atoms with Crippen molar-refractivity contribution in [3.63, 3.8) is 0 Å². The fourth-order valence-corrected chi connectivity index (χ4v) is 5.07. The van der Waals surface area contributed by atoms with Crippen LogP contribution >= 0.6 is 66.7 Å². The fourth-order valence-electron chi connectivity index (χ4n) is 3.40. The third kappa shape index (κ3) is 6.09. The zero-order valence-corrected chi connectivity index (χ0v) is 23.8. The molecule has 4 rings (SSSR count). The standard InChI is InChI=1S/C25H18Br2Cl3N3O2/c1-2-3-23-32-22-7-5-16(26)11-17(22)25(34)33(23)31-12-15-8-18(27)24(21(30)10-15)35-13-14-4-6-19(28)20(29)9-14/h4-12H,2-3,13H2,1H3. The van der Waals surface area contributed by atoms with Gasteiger partial charge in [-0.2, -0.15) is 9.78 Å². The summed E-state index contributed by atoms with van der Waals surface area (Å²) in [6.07, 6.45) is 3.02. The summed E-state index contributed by atoms with van der Waals surface area (Å²) < 4.78 is 8.69. The first kappa shape index (κ1) is 26.2. The first-order chi connectivity index (χ1) is 16.8. The van der Waals surface area contributed by atoms with E-state index in [4.69, 9.17) is 39.5 Å². The second-order valence-corrected chi connectivity index (χ2v) is 10.6. The molecule has 35 heavy (non-hydrogen) atoms. The van der Waals surface area contributed by atoms with Crippen LogP contribution in [0.15, 0.2) is 67.4 Å². The van der Waals surface area contributed by atoms with Gasteiger partial charge in [-0.25, -0.2) is 4.98 Å². The highest BCUT2D eigenvalue weighted by Crippen LogP contribution is 2.35. The number of hydrogen-bond acceptors (Lipinski definition) is 4. The van der Waals surface area contributed by atoms with Crippen LogP contribution < -0.4 is 10.3 Å². The predicted molar refractivity (Wildman–Crippen MR) is 151 cm³/mol. The van der Waals surface area contributed by atoms with E-state index >= 15 is 0 Å². The Balaban J connectivity index is 1.63. The van der Waals surface area contributed by atoms with E-state index in [2.05, 4.69) is 41.9 Å². The minimum atomic E-state index is -0.234. The minimum Gasteiger partial charge on any atom is -0.486 e. The van der Waals surface area contributed by atoms with Gasteiger partial charge in [0.2, 0.25) is 0 Å². The quantitative estimate of drug-likeness (QED) is 0.188. The van der Waals surface area contributed by atoms with Crippen LogP contribution in [0, 0.1) is 0 Å². The molecule has 4 aromatic rings. The van der Waals surface area contributed by atoms with E-state index in [9.17, 15) is 4.79 Å². The normalized spacial score (nSPS) is 11.5. The fraction of sp³-hybridized carbons (Fsp3) is 0.160. The molecule has 0 saturated heterocycles. The first-order valence-corrected chi connectivity index (χ1v) is 13.3. The third-order valence-electron chi connectivity index (χ3n) is 5.06. The molecule has 5 nitrogen and oxygen atoms in total. The SMILES string of the molecule is CCCc1nc2ccc(Br)cc2c(=O)n1N=Cc1cc(Cl)c(OCc2ccc(Cl)c(Cl)c2)c(Br)c1. The average molecular weight is 659 g/mol. The lowest BCUT2D eigenvalue weighted by Gasteiger charge is -2.12. The number of rotatable bonds is 7. The van der Waals surface area contributed by atoms with E-state index in [0.29, 0.717) is 54.0 Å². The van der Waals surface area contributed by atoms with Crippen molar-refractivity contribution in [1.82, 2.24) is 9.66 Å². The molecular weight excluding hydrogens is 640 g/mol. The lowest BCUT2D eigenvalue weighted by molar-refractivity contribution is 0.304. The van der Waals surface area contributed by atoms with Crippen LogP contribution in [0.25, 0.3) is 10.9 Å². The number of nitrogens with zero attached hydrogens (tertiary/aromatic N) is 3. The molecule has 0 aliphatic rings. The number of fused-ring (bicyclic) bond motifs is 1. The molecule has 0 atom stereocenters. The second kappa shape index (κ2) is 11.4. The maximum atomic E-state index is 13.2. The van der Waals surface area contributed by atoms with E-state index in [-0.39, 0.29) is 12.2 Å². The summed E-state index contributed by atoms with van der Waals surface area (Å²) in [6.45, 7) is 2.29. The van der Waals surface area contributed by atoms with Crippen LogP contribution in [-0.2, 0) is 13.0 Å². The summed E-state index contributed by atoms with van der Waals surface area (Å²) in [6, 6.07) is 14.3. The zero-order valence-electron chi connectivity index (χ0n) is 18.4. The molecule has 10 heteroatoms. The van der Waals surface area contributed by atoms with E-state index in [1.54, 1.807) is 30.5 Å². The first-order valence-electron chi connectivity index (χ1n) is 10.6. The Morgan fingerprint density at radius 2 is 1.83 bits per heavy atom. The van der Waals surface area contributed by atoms with E-state index in [1.165, 1.54) is 4.68 Å². The van der Waals surface area contributed by atoms with E-state index in [0.717, 1.165) is 16.5 Å². The molecule has 3 aromatic carbocycles. The second-order valence-electron chi connectivity index (χ2n) is 7.65. The van der Waals surface area contributed by atoms with Crippen molar-refractivity contribution in [2.24, 2.45) is 5.10 Å². The number of halogens is 5. The highest BCUT2D eigenvalue weighted by Gasteiger charge is 2.12. The van der Waals surface area contributed by atoms with Crippen LogP contribution in [0.5, 0.6) is 5.75 Å². The topological polar surface area (TPSA) is 56.5 Å². The molecule has 180 valence electrons. The molecule has 0 aliphatic heterocycles. The molecule has 0 fully saturated rings. The number of aromatic nitrogens is 2. The van der Waals surface area contributed by atoms with Gasteiger partial charge in [-0.05, 0) is 75.9 Å². The Kier molecular flexibility index (Phi) is 8.55. The molecule has 0 amide bonds. The molecule has 0 bridgehead atoms.